The van der Waals surface area contributed by atoms with E-state index in [1.54, 1.807) is 36.4 Å². The lowest BCUT2D eigenvalue weighted by atomic mass is 9.73. The standard InChI is InChI=1S/C43H34F3N5O4S/c44-28-10-13-30-35(22-28)51(17-14-27-21-36(56-38(27)30)41(53)49-37-32(45)5-3-6-33(37)46)42(54)25-8-11-29(12-9-25)47-40(52)31-20-26-4-1-2-7-34(26)48-39(31)50-23-43(24-50)15-18-55-19-16-43/h1-13,20-22H,14-19,23-24H2,(H,47,52)(H,49,53). The Morgan fingerprint density at radius 1 is 0.804 bits per heavy atom. The molecule has 2 N–H and O–H groups in total. The van der Waals surface area contributed by atoms with Crippen molar-refractivity contribution >= 4 is 62.8 Å². The lowest BCUT2D eigenvalue weighted by molar-refractivity contribution is -0.000492. The van der Waals surface area contributed by atoms with E-state index in [1.807, 2.05) is 30.3 Å². The molecule has 5 heterocycles. The average molecular weight is 774 g/mol. The quantitative estimate of drug-likeness (QED) is 0.176. The van der Waals surface area contributed by atoms with Crippen molar-refractivity contribution in [3.8, 4) is 10.4 Å². The number of halogens is 3. The van der Waals surface area contributed by atoms with Gasteiger partial charge in [-0.1, -0.05) is 24.3 Å². The van der Waals surface area contributed by atoms with Gasteiger partial charge in [0.2, 0.25) is 0 Å². The van der Waals surface area contributed by atoms with Crippen LogP contribution in [0.25, 0.3) is 21.3 Å². The molecular formula is C43H34F3N5O4S. The van der Waals surface area contributed by atoms with Gasteiger partial charge in [-0.25, -0.2) is 18.2 Å². The van der Waals surface area contributed by atoms with Crippen LogP contribution >= 0.6 is 11.3 Å². The number of thiophene rings is 1. The molecule has 56 heavy (non-hydrogen) atoms. The maximum Gasteiger partial charge on any atom is 0.265 e. The molecule has 3 aliphatic rings. The topological polar surface area (TPSA) is 104 Å². The Kier molecular flexibility index (Phi) is 9.05. The van der Waals surface area contributed by atoms with E-state index in [4.69, 9.17) is 9.72 Å². The Balaban J connectivity index is 0.940. The van der Waals surface area contributed by atoms with Gasteiger partial charge in [-0.15, -0.1) is 11.3 Å². The molecule has 9 rings (SSSR count). The summed E-state index contributed by atoms with van der Waals surface area (Å²) in [6.45, 7) is 3.27. The minimum atomic E-state index is -0.899. The van der Waals surface area contributed by atoms with E-state index in [0.717, 1.165) is 79.1 Å². The highest BCUT2D eigenvalue weighted by atomic mass is 32.1. The van der Waals surface area contributed by atoms with Gasteiger partial charge in [0.25, 0.3) is 17.7 Å². The van der Waals surface area contributed by atoms with Crippen molar-refractivity contribution in [1.29, 1.82) is 0 Å². The highest BCUT2D eigenvalue weighted by Gasteiger charge is 2.45. The van der Waals surface area contributed by atoms with Gasteiger partial charge < -0.3 is 25.2 Å². The van der Waals surface area contributed by atoms with Crippen LogP contribution in [0.1, 0.15) is 48.8 Å². The van der Waals surface area contributed by atoms with Crippen molar-refractivity contribution in [1.82, 2.24) is 4.98 Å². The summed E-state index contributed by atoms with van der Waals surface area (Å²) in [4.78, 5) is 50.5. The SMILES string of the molecule is O=C(Nc1c(F)cccc1F)c1cc2c(s1)-c1ccc(F)cc1N(C(=O)c1ccc(NC(=O)c3cc4ccccc4nc3N3CC4(CCOCC4)C3)cc1)CC2. The Bertz CT molecular complexity index is 2530. The number of anilines is 4. The van der Waals surface area contributed by atoms with Gasteiger partial charge in [0.15, 0.2) is 0 Å². The number of benzene rings is 4. The smallest absolute Gasteiger partial charge is 0.265 e. The number of carbonyl (C=O) groups excluding carboxylic acids is 3. The molecule has 0 atom stereocenters. The first kappa shape index (κ1) is 35.6. The van der Waals surface area contributed by atoms with Gasteiger partial charge in [-0.05, 0) is 97.6 Å². The Labute approximate surface area is 323 Å². The normalized spacial score (nSPS) is 15.8. The van der Waals surface area contributed by atoms with Crippen molar-refractivity contribution < 1.29 is 32.3 Å². The summed E-state index contributed by atoms with van der Waals surface area (Å²) in [6, 6.07) is 25.2. The molecule has 0 radical (unpaired) electrons. The van der Waals surface area contributed by atoms with Crippen LogP contribution < -0.4 is 20.4 Å². The van der Waals surface area contributed by atoms with Crippen molar-refractivity contribution in [2.75, 3.05) is 53.3 Å². The molecule has 9 nitrogen and oxygen atoms in total. The van der Waals surface area contributed by atoms with E-state index >= 15 is 0 Å². The molecule has 2 fully saturated rings. The number of aromatic nitrogens is 1. The average Bonchev–Trinajstić information content (AvgIpc) is 3.56. The minimum Gasteiger partial charge on any atom is -0.381 e. The van der Waals surface area contributed by atoms with Crippen LogP contribution in [0.2, 0.25) is 0 Å². The number of para-hydroxylation sites is 2. The van der Waals surface area contributed by atoms with Crippen LogP contribution in [0.15, 0.2) is 97.1 Å². The molecule has 0 unspecified atom stereocenters. The second-order valence-corrected chi connectivity index (χ2v) is 15.5. The van der Waals surface area contributed by atoms with Crippen LogP contribution in [0.3, 0.4) is 0 Å². The van der Waals surface area contributed by atoms with Crippen LogP contribution in [-0.4, -0.2) is 55.6 Å². The molecule has 0 saturated carbocycles. The van der Waals surface area contributed by atoms with Gasteiger partial charge in [-0.2, -0.15) is 0 Å². The highest BCUT2D eigenvalue weighted by molar-refractivity contribution is 7.17. The van der Waals surface area contributed by atoms with E-state index in [2.05, 4.69) is 15.5 Å². The largest absolute Gasteiger partial charge is 0.381 e. The summed E-state index contributed by atoms with van der Waals surface area (Å²) in [7, 11) is 0. The van der Waals surface area contributed by atoms with Gasteiger partial charge in [0, 0.05) is 65.3 Å². The molecule has 282 valence electrons. The van der Waals surface area contributed by atoms with Gasteiger partial charge in [0.05, 0.1) is 21.6 Å². The van der Waals surface area contributed by atoms with Crippen molar-refractivity contribution in [2.45, 2.75) is 19.3 Å². The van der Waals surface area contributed by atoms with E-state index in [0.29, 0.717) is 45.2 Å². The predicted octanol–water partition coefficient (Wildman–Crippen LogP) is 8.70. The number of amides is 3. The molecule has 3 amide bonds. The van der Waals surface area contributed by atoms with E-state index in [9.17, 15) is 27.6 Å². The zero-order valence-electron chi connectivity index (χ0n) is 29.9. The monoisotopic (exact) mass is 773 g/mol. The molecule has 0 bridgehead atoms. The van der Waals surface area contributed by atoms with Crippen LogP contribution in [0, 0.1) is 22.9 Å². The fraction of sp³-hybridized carbons (Fsp3) is 0.209. The van der Waals surface area contributed by atoms with E-state index < -0.39 is 29.0 Å². The molecule has 3 aliphatic heterocycles. The first-order chi connectivity index (χ1) is 27.1. The minimum absolute atomic E-state index is 0.170. The second kappa shape index (κ2) is 14.2. The molecule has 6 aromatic rings. The van der Waals surface area contributed by atoms with Crippen LogP contribution in [0.4, 0.5) is 36.1 Å². The highest BCUT2D eigenvalue weighted by Crippen LogP contribution is 2.44. The number of pyridine rings is 1. The third-order valence-corrected chi connectivity index (χ3v) is 12.0. The van der Waals surface area contributed by atoms with Gasteiger partial charge in [0.1, 0.15) is 29.0 Å². The summed E-state index contributed by atoms with van der Waals surface area (Å²) in [5, 5.41) is 6.16. The summed E-state index contributed by atoms with van der Waals surface area (Å²) in [6.07, 6.45) is 2.30. The fourth-order valence-electron chi connectivity index (χ4n) is 7.83. The lowest BCUT2D eigenvalue weighted by Gasteiger charge is -2.53. The number of hydrogen-bond donors (Lipinski definition) is 2. The maximum absolute atomic E-state index is 14.8. The molecule has 4 aromatic carbocycles. The summed E-state index contributed by atoms with van der Waals surface area (Å²) >= 11 is 1.10. The summed E-state index contributed by atoms with van der Waals surface area (Å²) in [5.41, 5.74) is 3.32. The Morgan fingerprint density at radius 3 is 2.32 bits per heavy atom. The van der Waals surface area contributed by atoms with E-state index in [-0.39, 0.29) is 28.7 Å². The van der Waals surface area contributed by atoms with E-state index in [1.165, 1.54) is 23.1 Å². The number of ether oxygens (including phenoxy) is 1. The predicted molar refractivity (Wildman–Crippen MR) is 210 cm³/mol. The van der Waals surface area contributed by atoms with Crippen molar-refractivity contribution in [2.24, 2.45) is 5.41 Å². The number of carbonyl (C=O) groups is 3. The first-order valence-electron chi connectivity index (χ1n) is 18.3. The molecular weight excluding hydrogens is 740 g/mol. The number of rotatable bonds is 6. The number of nitrogens with zero attached hydrogens (tertiary/aromatic N) is 3. The molecule has 2 saturated heterocycles. The zero-order chi connectivity index (χ0) is 38.6. The van der Waals surface area contributed by atoms with Crippen LogP contribution in [-0.2, 0) is 11.2 Å². The second-order valence-electron chi connectivity index (χ2n) is 14.4. The zero-order valence-corrected chi connectivity index (χ0v) is 30.7. The number of fused-ring (bicyclic) bond motifs is 4. The third kappa shape index (κ3) is 6.56. The van der Waals surface area contributed by atoms with Crippen LogP contribution in [0.5, 0.6) is 0 Å². The first-order valence-corrected chi connectivity index (χ1v) is 19.1. The maximum atomic E-state index is 14.8. The van der Waals surface area contributed by atoms with Crippen molar-refractivity contribution in [3.63, 3.8) is 0 Å². The van der Waals surface area contributed by atoms with Gasteiger partial charge >= 0.3 is 0 Å². The summed E-state index contributed by atoms with van der Waals surface area (Å²) in [5.74, 6) is -3.09. The van der Waals surface area contributed by atoms with Crippen molar-refractivity contribution in [3.05, 3.63) is 136 Å². The Morgan fingerprint density at radius 2 is 1.55 bits per heavy atom. The Hall–Kier alpha value is -6.05. The number of hydrogen-bond acceptors (Lipinski definition) is 7. The molecule has 1 spiro atoms. The molecule has 0 aliphatic carbocycles. The third-order valence-electron chi connectivity index (χ3n) is 10.8. The number of nitrogens with one attached hydrogen (secondary N) is 2. The fourth-order valence-corrected chi connectivity index (χ4v) is 8.97. The van der Waals surface area contributed by atoms with Gasteiger partial charge in [-0.3, -0.25) is 14.4 Å². The lowest BCUT2D eigenvalue weighted by Crippen LogP contribution is -2.59. The summed E-state index contributed by atoms with van der Waals surface area (Å²) < 4.78 is 48.9. The molecule has 2 aromatic heterocycles. The molecule has 13 heteroatoms.